The van der Waals surface area contributed by atoms with Gasteiger partial charge in [-0.25, -0.2) is 0 Å². The lowest BCUT2D eigenvalue weighted by Crippen LogP contribution is -2.14. The van der Waals surface area contributed by atoms with Gasteiger partial charge in [0.25, 0.3) is 0 Å². The maximum atomic E-state index is 6.07. The molecule has 0 aliphatic rings. The second-order valence-electron chi connectivity index (χ2n) is 5.30. The second-order valence-corrected chi connectivity index (χ2v) is 6.16. The summed E-state index contributed by atoms with van der Waals surface area (Å²) in [5.74, 6) is 1.79. The van der Waals surface area contributed by atoms with Gasteiger partial charge in [0.2, 0.25) is 0 Å². The van der Waals surface area contributed by atoms with Crippen LogP contribution < -0.4 is 10.1 Å². The van der Waals surface area contributed by atoms with Crippen molar-refractivity contribution in [2.24, 2.45) is 0 Å². The normalized spacial score (nSPS) is 10.7. The Morgan fingerprint density at radius 1 is 1.10 bits per heavy atom. The van der Waals surface area contributed by atoms with Gasteiger partial charge in [-0.2, -0.15) is 0 Å². The van der Waals surface area contributed by atoms with E-state index in [0.717, 1.165) is 35.5 Å². The monoisotopic (exact) mass is 347 g/mol. The van der Waals surface area contributed by atoms with Crippen molar-refractivity contribution < 1.29 is 4.74 Å². The minimum atomic E-state index is 0.834. The maximum absolute atomic E-state index is 6.07. The van der Waals surface area contributed by atoms with E-state index in [0.29, 0.717) is 0 Å². The number of hydrogen-bond acceptors (Lipinski definition) is 2. The zero-order valence-electron chi connectivity index (χ0n) is 12.9. The first kappa shape index (κ1) is 16.1. The summed E-state index contributed by atoms with van der Waals surface area (Å²) in [6.45, 7) is 8.20. The minimum Gasteiger partial charge on any atom is -0.457 e. The van der Waals surface area contributed by atoms with Crippen LogP contribution in [0.2, 0.25) is 0 Å². The van der Waals surface area contributed by atoms with Gasteiger partial charge < -0.3 is 10.1 Å². The minimum absolute atomic E-state index is 0.834. The molecule has 1 N–H and O–H groups in total. The molecule has 2 aromatic rings. The SMILES string of the molecule is CCCNCc1cc(C)ccc1Oc1ccc(Br)c(C)c1. The molecule has 0 bridgehead atoms. The van der Waals surface area contributed by atoms with Crippen molar-refractivity contribution in [2.45, 2.75) is 33.7 Å². The molecular formula is C18H22BrNO. The summed E-state index contributed by atoms with van der Waals surface area (Å²) < 4.78 is 7.17. The topological polar surface area (TPSA) is 21.3 Å². The average molecular weight is 348 g/mol. The summed E-state index contributed by atoms with van der Waals surface area (Å²) in [6, 6.07) is 12.4. The summed E-state index contributed by atoms with van der Waals surface area (Å²) in [5, 5.41) is 3.44. The molecule has 2 aromatic carbocycles. The highest BCUT2D eigenvalue weighted by molar-refractivity contribution is 9.10. The number of benzene rings is 2. The van der Waals surface area contributed by atoms with E-state index in [1.165, 1.54) is 16.7 Å². The molecule has 2 rings (SSSR count). The molecule has 0 unspecified atom stereocenters. The summed E-state index contributed by atoms with van der Waals surface area (Å²) in [5.41, 5.74) is 3.62. The van der Waals surface area contributed by atoms with E-state index in [2.05, 4.69) is 60.2 Å². The molecule has 0 spiro atoms. The van der Waals surface area contributed by atoms with Crippen LogP contribution >= 0.6 is 15.9 Å². The maximum Gasteiger partial charge on any atom is 0.131 e. The molecule has 0 aromatic heterocycles. The summed E-state index contributed by atoms with van der Waals surface area (Å²) in [4.78, 5) is 0. The van der Waals surface area contributed by atoms with Crippen LogP contribution in [0.1, 0.15) is 30.0 Å². The summed E-state index contributed by atoms with van der Waals surface area (Å²) >= 11 is 3.52. The molecule has 0 aliphatic carbocycles. The Hall–Kier alpha value is -1.32. The summed E-state index contributed by atoms with van der Waals surface area (Å²) in [6.07, 6.45) is 1.13. The van der Waals surface area contributed by atoms with Gasteiger partial charge in [0.1, 0.15) is 11.5 Å². The third-order valence-electron chi connectivity index (χ3n) is 3.32. The fraction of sp³-hybridized carbons (Fsp3) is 0.333. The van der Waals surface area contributed by atoms with Crippen LogP contribution in [0.15, 0.2) is 40.9 Å². The fourth-order valence-electron chi connectivity index (χ4n) is 2.15. The molecular weight excluding hydrogens is 326 g/mol. The zero-order chi connectivity index (χ0) is 15.2. The third kappa shape index (κ3) is 4.58. The number of rotatable bonds is 6. The Labute approximate surface area is 135 Å². The van der Waals surface area contributed by atoms with E-state index in [-0.39, 0.29) is 0 Å². The van der Waals surface area contributed by atoms with Crippen molar-refractivity contribution in [3.63, 3.8) is 0 Å². The molecule has 0 fully saturated rings. The Morgan fingerprint density at radius 2 is 1.90 bits per heavy atom. The number of hydrogen-bond donors (Lipinski definition) is 1. The van der Waals surface area contributed by atoms with Crippen LogP contribution in [0.25, 0.3) is 0 Å². The van der Waals surface area contributed by atoms with Crippen LogP contribution in [0, 0.1) is 13.8 Å². The van der Waals surface area contributed by atoms with Gasteiger partial charge in [0, 0.05) is 16.6 Å². The molecule has 21 heavy (non-hydrogen) atoms. The Morgan fingerprint density at radius 3 is 2.62 bits per heavy atom. The Bertz CT molecular complexity index is 610. The molecule has 3 heteroatoms. The quantitative estimate of drug-likeness (QED) is 0.710. The van der Waals surface area contributed by atoms with Crippen molar-refractivity contribution in [3.8, 4) is 11.5 Å². The van der Waals surface area contributed by atoms with E-state index >= 15 is 0 Å². The number of ether oxygens (including phenoxy) is 1. The van der Waals surface area contributed by atoms with Crippen molar-refractivity contribution in [1.82, 2.24) is 5.32 Å². The lowest BCUT2D eigenvalue weighted by atomic mass is 10.1. The zero-order valence-corrected chi connectivity index (χ0v) is 14.5. The van der Waals surface area contributed by atoms with Gasteiger partial charge in [-0.1, -0.05) is 40.5 Å². The van der Waals surface area contributed by atoms with Gasteiger partial charge in [-0.15, -0.1) is 0 Å². The van der Waals surface area contributed by atoms with Crippen LogP contribution in [0.5, 0.6) is 11.5 Å². The van der Waals surface area contributed by atoms with E-state index in [1.807, 2.05) is 18.2 Å². The van der Waals surface area contributed by atoms with Crippen molar-refractivity contribution in [1.29, 1.82) is 0 Å². The van der Waals surface area contributed by atoms with Crippen molar-refractivity contribution in [2.75, 3.05) is 6.54 Å². The lowest BCUT2D eigenvalue weighted by Gasteiger charge is -2.13. The first-order valence-electron chi connectivity index (χ1n) is 7.34. The summed E-state index contributed by atoms with van der Waals surface area (Å²) in [7, 11) is 0. The number of aryl methyl sites for hydroxylation is 2. The van der Waals surface area contributed by atoms with Crippen LogP contribution in [-0.2, 0) is 6.54 Å². The molecule has 112 valence electrons. The van der Waals surface area contributed by atoms with E-state index in [9.17, 15) is 0 Å². The third-order valence-corrected chi connectivity index (χ3v) is 4.21. The largest absolute Gasteiger partial charge is 0.457 e. The predicted molar refractivity (Wildman–Crippen MR) is 92.1 cm³/mol. The van der Waals surface area contributed by atoms with Gasteiger partial charge in [-0.05, 0) is 56.6 Å². The van der Waals surface area contributed by atoms with Crippen LogP contribution in [-0.4, -0.2) is 6.54 Å². The molecule has 0 amide bonds. The smallest absolute Gasteiger partial charge is 0.131 e. The lowest BCUT2D eigenvalue weighted by molar-refractivity contribution is 0.472. The fourth-order valence-corrected chi connectivity index (χ4v) is 2.40. The molecule has 0 atom stereocenters. The van der Waals surface area contributed by atoms with Gasteiger partial charge in [0.15, 0.2) is 0 Å². The van der Waals surface area contributed by atoms with Gasteiger partial charge in [-0.3, -0.25) is 0 Å². The van der Waals surface area contributed by atoms with E-state index in [1.54, 1.807) is 0 Å². The Balaban J connectivity index is 2.19. The first-order chi connectivity index (χ1) is 10.1. The Kier molecular flexibility index (Phi) is 5.83. The van der Waals surface area contributed by atoms with Crippen molar-refractivity contribution >= 4 is 15.9 Å². The average Bonchev–Trinajstić information content (AvgIpc) is 2.46. The molecule has 0 saturated heterocycles. The van der Waals surface area contributed by atoms with E-state index < -0.39 is 0 Å². The van der Waals surface area contributed by atoms with Gasteiger partial charge in [0.05, 0.1) is 0 Å². The van der Waals surface area contributed by atoms with E-state index in [4.69, 9.17) is 4.74 Å². The molecule has 2 nitrogen and oxygen atoms in total. The van der Waals surface area contributed by atoms with Crippen LogP contribution in [0.3, 0.4) is 0 Å². The second kappa shape index (κ2) is 7.62. The highest BCUT2D eigenvalue weighted by Crippen LogP contribution is 2.29. The highest BCUT2D eigenvalue weighted by atomic mass is 79.9. The van der Waals surface area contributed by atoms with Crippen molar-refractivity contribution in [3.05, 3.63) is 57.6 Å². The van der Waals surface area contributed by atoms with Gasteiger partial charge >= 0.3 is 0 Å². The molecule has 0 saturated carbocycles. The number of nitrogens with one attached hydrogen (secondary N) is 1. The first-order valence-corrected chi connectivity index (χ1v) is 8.13. The highest BCUT2D eigenvalue weighted by Gasteiger charge is 2.06. The molecule has 0 heterocycles. The van der Waals surface area contributed by atoms with Crippen LogP contribution in [0.4, 0.5) is 0 Å². The number of halogens is 1. The molecule has 0 aliphatic heterocycles. The molecule has 0 radical (unpaired) electrons. The standard InChI is InChI=1S/C18H22BrNO/c1-4-9-20-12-15-10-13(2)5-8-18(15)21-16-6-7-17(19)14(3)11-16/h5-8,10-11,20H,4,9,12H2,1-3H3. The predicted octanol–water partition coefficient (Wildman–Crippen LogP) is 5.36.